The van der Waals surface area contributed by atoms with E-state index in [9.17, 15) is 20.4 Å². The number of aliphatic hydroxyl groups is 2. The van der Waals surface area contributed by atoms with E-state index in [-0.39, 0.29) is 45.3 Å². The first-order valence-corrected chi connectivity index (χ1v) is 44.3. The highest BCUT2D eigenvalue weighted by Gasteiger charge is 2.36. The molecule has 4 atom stereocenters. The zero-order valence-corrected chi connectivity index (χ0v) is 74.8. The Labute approximate surface area is 707 Å². The van der Waals surface area contributed by atoms with Crippen molar-refractivity contribution in [2.75, 3.05) is 36.2 Å². The number of nitrogens with zero attached hydrogens (tertiary/aromatic N) is 2. The van der Waals surface area contributed by atoms with Crippen LogP contribution in [-0.4, -0.2) is 46.9 Å². The first kappa shape index (κ1) is 88.5. The van der Waals surface area contributed by atoms with E-state index in [1.54, 1.807) is 24.3 Å². The molecular weight excluding hydrogens is 1450 g/mol. The Hall–Kier alpha value is -10.3. The summed E-state index contributed by atoms with van der Waals surface area (Å²) in [4.78, 5) is 4.38. The Morgan fingerprint density at radius 3 is 0.669 bits per heavy atom. The van der Waals surface area contributed by atoms with Crippen molar-refractivity contribution in [3.05, 3.63) is 247 Å². The molecule has 11 rings (SSSR count). The number of anilines is 6. The lowest BCUT2D eigenvalue weighted by Gasteiger charge is -2.31. The van der Waals surface area contributed by atoms with E-state index < -0.39 is 0 Å². The maximum atomic E-state index is 12.5. The first-order chi connectivity index (χ1) is 56.8. The highest BCUT2D eigenvalue weighted by molar-refractivity contribution is 6.08. The fourth-order valence-corrected chi connectivity index (χ4v) is 18.0. The summed E-state index contributed by atoms with van der Waals surface area (Å²) in [5.74, 6) is 4.90. The van der Waals surface area contributed by atoms with Crippen LogP contribution in [-0.2, 0) is 0 Å². The Morgan fingerprint density at radius 2 is 0.483 bits per heavy atom. The molecule has 0 aromatic heterocycles. The maximum Gasteiger partial charge on any atom is 0.139 e. The summed E-state index contributed by atoms with van der Waals surface area (Å²) in [5, 5.41) is 49.7. The molecule has 0 bridgehead atoms. The van der Waals surface area contributed by atoms with Crippen molar-refractivity contribution < 1.29 is 39.4 Å². The molecule has 0 aliphatic heterocycles. The highest BCUT2D eigenvalue weighted by atomic mass is 16.5. The van der Waals surface area contributed by atoms with E-state index in [1.165, 1.54) is 77.0 Å². The molecular formula is C108H134N2O8. The minimum absolute atomic E-state index is 0.0798. The van der Waals surface area contributed by atoms with Crippen molar-refractivity contribution >= 4 is 45.3 Å². The second-order valence-electron chi connectivity index (χ2n) is 34.2. The Morgan fingerprint density at radius 1 is 0.263 bits per heavy atom. The number of hydrogen-bond acceptors (Lipinski definition) is 10. The number of phenols is 2. The summed E-state index contributed by atoms with van der Waals surface area (Å²) >= 11 is 0. The van der Waals surface area contributed by atoms with Gasteiger partial charge in [-0.05, 0) is 365 Å². The Bertz CT molecular complexity index is 4570. The van der Waals surface area contributed by atoms with Crippen LogP contribution in [0, 0.1) is 107 Å². The molecule has 10 aromatic rings. The second kappa shape index (κ2) is 40.4. The fraction of sp³-hybridized carbons (Fsp3) is 0.407. The Kier molecular flexibility index (Phi) is 30.3. The molecule has 10 aromatic carbocycles. The minimum Gasteiger partial charge on any atom is -0.507 e. The van der Waals surface area contributed by atoms with Crippen molar-refractivity contribution in [1.29, 1.82) is 0 Å². The molecule has 624 valence electrons. The highest BCUT2D eigenvalue weighted by Crippen LogP contribution is 2.53. The van der Waals surface area contributed by atoms with Gasteiger partial charge in [-0.2, -0.15) is 0 Å². The molecule has 0 amide bonds. The van der Waals surface area contributed by atoms with Gasteiger partial charge >= 0.3 is 0 Å². The van der Waals surface area contributed by atoms with Crippen LogP contribution in [0.3, 0.4) is 0 Å². The van der Waals surface area contributed by atoms with Crippen molar-refractivity contribution in [3.8, 4) is 79.0 Å². The van der Waals surface area contributed by atoms with Gasteiger partial charge in [0.25, 0.3) is 0 Å². The summed E-state index contributed by atoms with van der Waals surface area (Å²) in [6, 6.07) is 54.6. The van der Waals surface area contributed by atoms with Crippen LogP contribution in [0.25, 0.3) is 55.7 Å². The van der Waals surface area contributed by atoms with E-state index in [4.69, 9.17) is 18.9 Å². The van der Waals surface area contributed by atoms with E-state index in [1.807, 2.05) is 12.1 Å². The molecule has 10 nitrogen and oxygen atoms in total. The molecule has 0 saturated carbocycles. The van der Waals surface area contributed by atoms with Crippen molar-refractivity contribution in [3.63, 3.8) is 0 Å². The van der Waals surface area contributed by atoms with E-state index in [0.717, 1.165) is 183 Å². The third kappa shape index (κ3) is 20.2. The molecule has 0 heterocycles. The van der Waals surface area contributed by atoms with Gasteiger partial charge in [0.05, 0.1) is 37.6 Å². The van der Waals surface area contributed by atoms with Crippen LogP contribution in [0.1, 0.15) is 236 Å². The van der Waals surface area contributed by atoms with Gasteiger partial charge in [0, 0.05) is 57.4 Å². The topological polar surface area (TPSA) is 124 Å². The zero-order chi connectivity index (χ0) is 84.8. The summed E-state index contributed by atoms with van der Waals surface area (Å²) in [7, 11) is 0. The van der Waals surface area contributed by atoms with Gasteiger partial charge in [-0.1, -0.05) is 157 Å². The number of aliphatic hydroxyl groups excluding tert-OH is 2. The quantitative estimate of drug-likeness (QED) is 0.0295. The molecule has 0 fully saturated rings. The number of allylic oxidation sites excluding steroid dienone is 2. The summed E-state index contributed by atoms with van der Waals surface area (Å²) in [6.07, 6.45) is 18.6. The van der Waals surface area contributed by atoms with E-state index >= 15 is 0 Å². The maximum absolute atomic E-state index is 12.5. The third-order valence-electron chi connectivity index (χ3n) is 25.0. The van der Waals surface area contributed by atoms with Crippen LogP contribution < -0.4 is 28.7 Å². The van der Waals surface area contributed by atoms with Crippen LogP contribution in [0.4, 0.5) is 34.1 Å². The lowest BCUT2D eigenvalue weighted by molar-refractivity contribution is 0.233. The summed E-state index contributed by atoms with van der Waals surface area (Å²) in [6.45, 7) is 46.7. The monoisotopic (exact) mass is 1590 g/mol. The number of hydrogen-bond donors (Lipinski definition) is 4. The number of ether oxygens (including phenoxy) is 4. The van der Waals surface area contributed by atoms with Crippen molar-refractivity contribution in [1.82, 2.24) is 0 Å². The largest absolute Gasteiger partial charge is 0.507 e. The standard InChI is InChI=1S/C108H134N2O8/c1-21-29-33-79(25-5)63-115-89-53-71(13)101(72(14)54-89)83-37-45-95(67(9)49-83)109(96-46-38-84(50-68(96)10)102-73(15)55-90(56-74(102)16)116-64-80(26-6)34-30-22-2)87-41-43-93(99(111)61-87)105-107(113)106(108(105)114)94-44-42-88(62-100(94)112)110(97-47-39-85(51-69(97)11)103-75(17)57-91(58-76(103)18)117-65-81(27-7)35-31-23-3)98-48-40-86(52-70(98)12)104-77(19)59-92(60-78(104)20)118-66-82(28-8)36-32-24-4/h37-62,79-82,111-114H,21-36,63-66H2,1-20H3. The average Bonchev–Trinajstić information content (AvgIpc) is 0.734. The van der Waals surface area contributed by atoms with Gasteiger partial charge in [0.15, 0.2) is 0 Å². The van der Waals surface area contributed by atoms with Crippen LogP contribution in [0.2, 0.25) is 0 Å². The number of rotatable bonds is 40. The first-order valence-electron chi connectivity index (χ1n) is 44.3. The molecule has 1 aliphatic rings. The minimum atomic E-state index is -0.248. The molecule has 4 unspecified atom stereocenters. The van der Waals surface area contributed by atoms with Gasteiger partial charge in [-0.3, -0.25) is 0 Å². The number of benzene rings is 10. The van der Waals surface area contributed by atoms with Gasteiger partial charge < -0.3 is 49.2 Å². The van der Waals surface area contributed by atoms with Crippen LogP contribution in [0.5, 0.6) is 34.5 Å². The lowest BCUT2D eigenvalue weighted by Crippen LogP contribution is -2.15. The second-order valence-corrected chi connectivity index (χ2v) is 34.2. The predicted octanol–water partition coefficient (Wildman–Crippen LogP) is 31.0. The van der Waals surface area contributed by atoms with Gasteiger partial charge in [0.2, 0.25) is 0 Å². The number of phenolic OH excluding ortho intramolecular Hbond substituents is 2. The van der Waals surface area contributed by atoms with E-state index in [2.05, 4.69) is 270 Å². The smallest absolute Gasteiger partial charge is 0.139 e. The number of aromatic hydroxyl groups is 2. The molecule has 0 radical (unpaired) electrons. The normalized spacial score (nSPS) is 13.2. The summed E-state index contributed by atoms with van der Waals surface area (Å²) in [5.41, 5.74) is 27.9. The Balaban J connectivity index is 0.934. The SMILES string of the molecule is CCCCC(CC)COc1cc(C)c(-c2ccc(N(c3ccc(C4=C(O)C(c5ccc(N(c6ccc(-c7c(C)cc(OCC(CC)CCCC)cc7C)cc6C)c6ccc(-c7c(C)cc(OCC(CC)CCCC)cc7C)cc6C)cc5O)=C4O)c(O)c3)c3ccc(-c4c(C)cc(OCC(CC)CCCC)cc4C)cc3C)c(C)c2)c(C)c1. The van der Waals surface area contributed by atoms with Crippen LogP contribution in [0.15, 0.2) is 169 Å². The van der Waals surface area contributed by atoms with Gasteiger partial charge in [0.1, 0.15) is 46.0 Å². The summed E-state index contributed by atoms with van der Waals surface area (Å²) < 4.78 is 26.0. The average molecular weight is 1590 g/mol. The number of aryl methyl sites for hydroxylation is 12. The van der Waals surface area contributed by atoms with E-state index in [0.29, 0.717) is 61.5 Å². The third-order valence-corrected chi connectivity index (χ3v) is 25.0. The van der Waals surface area contributed by atoms with Crippen LogP contribution >= 0.6 is 0 Å². The molecule has 118 heavy (non-hydrogen) atoms. The molecule has 10 heteroatoms. The van der Waals surface area contributed by atoms with Crippen molar-refractivity contribution in [2.24, 2.45) is 23.7 Å². The number of unbranched alkanes of at least 4 members (excludes halogenated alkanes) is 4. The van der Waals surface area contributed by atoms with Gasteiger partial charge in [-0.15, -0.1) is 0 Å². The predicted molar refractivity (Wildman–Crippen MR) is 498 cm³/mol. The molecule has 0 saturated heterocycles. The fourth-order valence-electron chi connectivity index (χ4n) is 18.0. The molecule has 0 spiro atoms. The zero-order valence-electron chi connectivity index (χ0n) is 74.8. The lowest BCUT2D eigenvalue weighted by atomic mass is 9.83. The molecule has 4 N–H and O–H groups in total. The van der Waals surface area contributed by atoms with Gasteiger partial charge in [-0.25, -0.2) is 0 Å². The van der Waals surface area contributed by atoms with Crippen molar-refractivity contribution in [2.45, 2.75) is 241 Å². The molecule has 1 aliphatic carbocycles.